The SMILES string of the molecule is COc1nccc2c(OCc3ccc(SC)cc3)ccnc12. The average molecular weight is 312 g/mol. The van der Waals surface area contributed by atoms with E-state index in [1.807, 2.05) is 12.1 Å². The quantitative estimate of drug-likeness (QED) is 0.668. The number of ether oxygens (including phenoxy) is 2. The molecule has 0 fully saturated rings. The molecule has 2 aromatic heterocycles. The van der Waals surface area contributed by atoms with Gasteiger partial charge in [0.1, 0.15) is 17.9 Å². The summed E-state index contributed by atoms with van der Waals surface area (Å²) in [4.78, 5) is 9.73. The van der Waals surface area contributed by atoms with Crippen molar-refractivity contribution in [3.8, 4) is 11.6 Å². The maximum atomic E-state index is 5.95. The Morgan fingerprint density at radius 2 is 1.77 bits per heavy atom. The molecule has 0 atom stereocenters. The first-order valence-electron chi connectivity index (χ1n) is 6.85. The molecule has 4 nitrogen and oxygen atoms in total. The van der Waals surface area contributed by atoms with Gasteiger partial charge in [-0.3, -0.25) is 4.98 Å². The van der Waals surface area contributed by atoms with E-state index in [4.69, 9.17) is 9.47 Å². The highest BCUT2D eigenvalue weighted by molar-refractivity contribution is 7.98. The number of benzene rings is 1. The molecule has 22 heavy (non-hydrogen) atoms. The van der Waals surface area contributed by atoms with Crippen LogP contribution in [0.5, 0.6) is 11.6 Å². The van der Waals surface area contributed by atoms with Crippen LogP contribution in [0.3, 0.4) is 0 Å². The van der Waals surface area contributed by atoms with Gasteiger partial charge < -0.3 is 9.47 Å². The summed E-state index contributed by atoms with van der Waals surface area (Å²) >= 11 is 1.73. The number of hydrogen-bond acceptors (Lipinski definition) is 5. The highest BCUT2D eigenvalue weighted by Crippen LogP contribution is 2.29. The van der Waals surface area contributed by atoms with Crippen LogP contribution in [0, 0.1) is 0 Å². The molecule has 0 amide bonds. The van der Waals surface area contributed by atoms with Gasteiger partial charge in [-0.1, -0.05) is 12.1 Å². The Morgan fingerprint density at radius 1 is 1.00 bits per heavy atom. The number of nitrogens with zero attached hydrogens (tertiary/aromatic N) is 2. The number of pyridine rings is 2. The van der Waals surface area contributed by atoms with Crippen molar-refractivity contribution in [2.24, 2.45) is 0 Å². The van der Waals surface area contributed by atoms with Gasteiger partial charge in [-0.25, -0.2) is 4.98 Å². The molecular weight excluding hydrogens is 296 g/mol. The molecule has 0 N–H and O–H groups in total. The molecule has 0 aliphatic rings. The molecule has 3 rings (SSSR count). The second kappa shape index (κ2) is 6.66. The highest BCUT2D eigenvalue weighted by atomic mass is 32.2. The summed E-state index contributed by atoms with van der Waals surface area (Å²) in [5.74, 6) is 1.28. The minimum absolute atomic E-state index is 0.507. The molecule has 0 radical (unpaired) electrons. The normalized spacial score (nSPS) is 10.6. The Kier molecular flexibility index (Phi) is 4.44. The molecule has 112 valence electrons. The number of rotatable bonds is 5. The van der Waals surface area contributed by atoms with Crippen LogP contribution >= 0.6 is 11.8 Å². The van der Waals surface area contributed by atoms with Gasteiger partial charge in [-0.05, 0) is 36.1 Å². The van der Waals surface area contributed by atoms with Crippen LogP contribution in [-0.2, 0) is 6.61 Å². The number of hydrogen-bond donors (Lipinski definition) is 0. The zero-order valence-corrected chi connectivity index (χ0v) is 13.3. The Bertz CT molecular complexity index is 775. The van der Waals surface area contributed by atoms with Crippen molar-refractivity contribution in [1.29, 1.82) is 0 Å². The Labute approximate surface area is 133 Å². The first kappa shape index (κ1) is 14.7. The molecule has 1 aromatic carbocycles. The monoisotopic (exact) mass is 312 g/mol. The van der Waals surface area contributed by atoms with E-state index in [9.17, 15) is 0 Å². The second-order valence-corrected chi connectivity index (χ2v) is 5.54. The maximum Gasteiger partial charge on any atom is 0.240 e. The molecule has 2 heterocycles. The average Bonchev–Trinajstić information content (AvgIpc) is 2.59. The minimum atomic E-state index is 0.507. The van der Waals surface area contributed by atoms with Gasteiger partial charge >= 0.3 is 0 Å². The van der Waals surface area contributed by atoms with E-state index >= 15 is 0 Å². The van der Waals surface area contributed by atoms with E-state index in [-0.39, 0.29) is 0 Å². The predicted octanol–water partition coefficient (Wildman–Crippen LogP) is 3.94. The number of aromatic nitrogens is 2. The van der Waals surface area contributed by atoms with Crippen molar-refractivity contribution in [2.45, 2.75) is 11.5 Å². The molecule has 0 aliphatic heterocycles. The molecule has 0 saturated heterocycles. The zero-order chi connectivity index (χ0) is 15.4. The third kappa shape index (κ3) is 2.99. The van der Waals surface area contributed by atoms with Crippen molar-refractivity contribution in [2.75, 3.05) is 13.4 Å². The van der Waals surface area contributed by atoms with Crippen LogP contribution < -0.4 is 9.47 Å². The van der Waals surface area contributed by atoms with Gasteiger partial charge in [0.2, 0.25) is 5.88 Å². The molecule has 0 saturated carbocycles. The van der Waals surface area contributed by atoms with Crippen molar-refractivity contribution in [1.82, 2.24) is 9.97 Å². The van der Waals surface area contributed by atoms with Gasteiger partial charge in [0.25, 0.3) is 0 Å². The number of thioether (sulfide) groups is 1. The third-order valence-corrected chi connectivity index (χ3v) is 4.08. The smallest absolute Gasteiger partial charge is 0.240 e. The van der Waals surface area contributed by atoms with Crippen molar-refractivity contribution >= 4 is 22.7 Å². The first-order chi connectivity index (χ1) is 10.8. The molecular formula is C17H16N2O2S. The highest BCUT2D eigenvalue weighted by Gasteiger charge is 2.08. The van der Waals surface area contributed by atoms with Crippen LogP contribution in [0.15, 0.2) is 53.7 Å². The largest absolute Gasteiger partial charge is 0.488 e. The zero-order valence-electron chi connectivity index (χ0n) is 12.4. The lowest BCUT2D eigenvalue weighted by atomic mass is 10.2. The summed E-state index contributed by atoms with van der Waals surface area (Å²) in [7, 11) is 1.59. The lowest BCUT2D eigenvalue weighted by Gasteiger charge is -2.10. The van der Waals surface area contributed by atoms with Crippen LogP contribution in [0.4, 0.5) is 0 Å². The Morgan fingerprint density at radius 3 is 2.50 bits per heavy atom. The van der Waals surface area contributed by atoms with Gasteiger partial charge in [0, 0.05) is 22.7 Å². The molecule has 3 aromatic rings. The summed E-state index contributed by atoms with van der Waals surface area (Å²) in [6, 6.07) is 12.1. The van der Waals surface area contributed by atoms with Crippen LogP contribution in [-0.4, -0.2) is 23.3 Å². The van der Waals surface area contributed by atoms with Gasteiger partial charge in [-0.15, -0.1) is 11.8 Å². The molecule has 0 unspecified atom stereocenters. The fraction of sp³-hybridized carbons (Fsp3) is 0.176. The van der Waals surface area contributed by atoms with Crippen LogP contribution in [0.1, 0.15) is 5.56 Å². The van der Waals surface area contributed by atoms with Crippen LogP contribution in [0.25, 0.3) is 10.9 Å². The number of methoxy groups -OCH3 is 1. The van der Waals surface area contributed by atoms with Gasteiger partial charge in [0.05, 0.1) is 7.11 Å². The van der Waals surface area contributed by atoms with Crippen LogP contribution in [0.2, 0.25) is 0 Å². The van der Waals surface area contributed by atoms with E-state index in [0.717, 1.165) is 16.7 Å². The number of fused-ring (bicyclic) bond motifs is 1. The van der Waals surface area contributed by atoms with E-state index in [2.05, 4.69) is 40.5 Å². The van der Waals surface area contributed by atoms with Gasteiger partial charge in [-0.2, -0.15) is 0 Å². The predicted molar refractivity (Wildman–Crippen MR) is 88.6 cm³/mol. The van der Waals surface area contributed by atoms with E-state index in [1.165, 1.54) is 4.90 Å². The minimum Gasteiger partial charge on any atom is -0.488 e. The topological polar surface area (TPSA) is 44.2 Å². The molecule has 0 spiro atoms. The molecule has 5 heteroatoms. The summed E-state index contributed by atoms with van der Waals surface area (Å²) in [5.41, 5.74) is 1.84. The summed E-state index contributed by atoms with van der Waals surface area (Å²) < 4.78 is 11.2. The first-order valence-corrected chi connectivity index (χ1v) is 8.07. The summed E-state index contributed by atoms with van der Waals surface area (Å²) in [6.45, 7) is 0.512. The standard InChI is InChI=1S/C17H16N2O2S/c1-20-17-16-14(7-9-19-17)15(8-10-18-16)21-11-12-3-5-13(22-2)6-4-12/h3-10H,11H2,1-2H3. The Hall–Kier alpha value is -2.27. The maximum absolute atomic E-state index is 5.95. The molecule has 0 bridgehead atoms. The lowest BCUT2D eigenvalue weighted by Crippen LogP contribution is -1.98. The lowest BCUT2D eigenvalue weighted by molar-refractivity contribution is 0.309. The fourth-order valence-electron chi connectivity index (χ4n) is 2.19. The summed E-state index contributed by atoms with van der Waals surface area (Å²) in [5, 5.41) is 0.898. The fourth-order valence-corrected chi connectivity index (χ4v) is 2.59. The van der Waals surface area contributed by atoms with Gasteiger partial charge in [0.15, 0.2) is 0 Å². The van der Waals surface area contributed by atoms with E-state index in [0.29, 0.717) is 18.0 Å². The van der Waals surface area contributed by atoms with E-state index < -0.39 is 0 Å². The third-order valence-electron chi connectivity index (χ3n) is 3.33. The van der Waals surface area contributed by atoms with Crippen molar-refractivity contribution < 1.29 is 9.47 Å². The second-order valence-electron chi connectivity index (χ2n) is 4.66. The van der Waals surface area contributed by atoms with Crippen molar-refractivity contribution in [3.05, 3.63) is 54.4 Å². The molecule has 0 aliphatic carbocycles. The van der Waals surface area contributed by atoms with E-state index in [1.54, 1.807) is 31.3 Å². The summed E-state index contributed by atoms with van der Waals surface area (Å²) in [6.07, 6.45) is 5.47. The Balaban J connectivity index is 1.84. The van der Waals surface area contributed by atoms with Crippen molar-refractivity contribution in [3.63, 3.8) is 0 Å².